The Morgan fingerprint density at radius 2 is 1.66 bits per heavy atom. The molecule has 0 aliphatic carbocycles. The molecule has 2 aromatic carbocycles. The fraction of sp³-hybridized carbons (Fsp3) is 0.286. The summed E-state index contributed by atoms with van der Waals surface area (Å²) in [5.41, 5.74) is 5.14. The van der Waals surface area contributed by atoms with Crippen molar-refractivity contribution in [2.45, 2.75) is 17.9 Å². The third-order valence-corrected chi connectivity index (χ3v) is 6.72. The van der Waals surface area contributed by atoms with Crippen LogP contribution in [-0.4, -0.2) is 55.9 Å². The van der Waals surface area contributed by atoms with Gasteiger partial charge in [-0.2, -0.15) is 4.31 Å². The lowest BCUT2D eigenvalue weighted by atomic mass is 10.0. The Labute approximate surface area is 171 Å². The first-order valence-corrected chi connectivity index (χ1v) is 10.7. The molecule has 2 aromatic rings. The minimum Gasteiger partial charge on any atom is -0.305 e. The van der Waals surface area contributed by atoms with Gasteiger partial charge >= 0.3 is 0 Å². The smallest absolute Gasteiger partial charge is 0.270 e. The van der Waals surface area contributed by atoms with Crippen LogP contribution < -0.4 is 5.48 Å². The average molecular weight is 416 g/mol. The van der Waals surface area contributed by atoms with E-state index in [4.69, 9.17) is 5.21 Å². The zero-order chi connectivity index (χ0) is 21.0. The number of nitrogens with one attached hydrogen (secondary N) is 1. The molecule has 0 bridgehead atoms. The Bertz CT molecular complexity index is 997. The number of carbonyl (C=O) groups is 1. The molecule has 154 valence electrons. The summed E-state index contributed by atoms with van der Waals surface area (Å²) in [6.07, 6.45) is 1.78. The molecule has 0 saturated heterocycles. The number of carbonyl (C=O) groups excluding carboxylic acids is 1. The molecule has 1 heterocycles. The molecule has 1 aliphatic rings. The van der Waals surface area contributed by atoms with Gasteiger partial charge in [0, 0.05) is 25.2 Å². The van der Waals surface area contributed by atoms with E-state index in [0.717, 1.165) is 17.7 Å². The van der Waals surface area contributed by atoms with Gasteiger partial charge in [0.2, 0.25) is 10.0 Å². The topological polar surface area (TPSA) is 90.0 Å². The van der Waals surface area contributed by atoms with Crippen LogP contribution in [0.1, 0.15) is 12.0 Å². The third kappa shape index (κ3) is 4.91. The lowest BCUT2D eigenvalue weighted by Crippen LogP contribution is -2.37. The predicted molar refractivity (Wildman–Crippen MR) is 111 cm³/mol. The Balaban J connectivity index is 1.74. The van der Waals surface area contributed by atoms with E-state index in [0.29, 0.717) is 5.57 Å². The molecule has 2 N–H and O–H groups in total. The Kier molecular flexibility index (Phi) is 6.49. The maximum Gasteiger partial charge on any atom is 0.270 e. The summed E-state index contributed by atoms with van der Waals surface area (Å²) in [4.78, 5) is 13.8. The van der Waals surface area contributed by atoms with E-state index in [2.05, 4.69) is 17.0 Å². The van der Waals surface area contributed by atoms with Crippen molar-refractivity contribution in [1.29, 1.82) is 0 Å². The number of benzene rings is 2. The highest BCUT2D eigenvalue weighted by molar-refractivity contribution is 7.89. The Morgan fingerprint density at radius 3 is 2.14 bits per heavy atom. The van der Waals surface area contributed by atoms with E-state index in [-0.39, 0.29) is 24.4 Å². The first-order chi connectivity index (χ1) is 13.8. The first-order valence-electron chi connectivity index (χ1n) is 9.29. The number of hydrogen-bond donors (Lipinski definition) is 2. The number of nitrogens with zero attached hydrogens (tertiary/aromatic N) is 2. The van der Waals surface area contributed by atoms with Crippen LogP contribution >= 0.6 is 0 Å². The number of hydroxylamine groups is 1. The molecule has 0 atom stereocenters. The number of rotatable bonds is 6. The SMILES string of the molecule is CN(C)Cc1ccc(-c2ccc(S(=O)(=O)N3CC=C(C(=O)NO)CC3)cc2)cc1. The second-order valence-corrected chi connectivity index (χ2v) is 9.18. The molecule has 3 rings (SSSR count). The third-order valence-electron chi connectivity index (χ3n) is 4.84. The van der Waals surface area contributed by atoms with Gasteiger partial charge in [0.1, 0.15) is 0 Å². The number of hydrogen-bond acceptors (Lipinski definition) is 5. The van der Waals surface area contributed by atoms with Gasteiger partial charge in [-0.15, -0.1) is 0 Å². The van der Waals surface area contributed by atoms with E-state index in [1.165, 1.54) is 15.9 Å². The summed E-state index contributed by atoms with van der Waals surface area (Å²) in [6, 6.07) is 15.0. The van der Waals surface area contributed by atoms with E-state index in [9.17, 15) is 13.2 Å². The highest BCUT2D eigenvalue weighted by Gasteiger charge is 2.27. The standard InChI is InChI=1S/C21H25N3O4S/c1-23(2)15-16-3-5-17(6-4-16)18-7-9-20(10-8-18)29(27,28)24-13-11-19(12-14-24)21(25)22-26/h3-11,26H,12-15H2,1-2H3,(H,22,25). The van der Waals surface area contributed by atoms with Crippen molar-refractivity contribution < 1.29 is 18.4 Å². The molecule has 0 saturated carbocycles. The van der Waals surface area contributed by atoms with Crippen LogP contribution in [-0.2, 0) is 21.4 Å². The maximum atomic E-state index is 12.9. The van der Waals surface area contributed by atoms with Crippen LogP contribution in [0.15, 0.2) is 65.1 Å². The quantitative estimate of drug-likeness (QED) is 0.558. The lowest BCUT2D eigenvalue weighted by molar-refractivity contribution is -0.125. The van der Waals surface area contributed by atoms with Gasteiger partial charge in [0.05, 0.1) is 4.90 Å². The predicted octanol–water partition coefficient (Wildman–Crippen LogP) is 2.24. The Hall–Kier alpha value is -2.52. The van der Waals surface area contributed by atoms with Crippen molar-refractivity contribution in [1.82, 2.24) is 14.7 Å². The fourth-order valence-electron chi connectivity index (χ4n) is 3.28. The van der Waals surface area contributed by atoms with Crippen molar-refractivity contribution in [3.63, 3.8) is 0 Å². The van der Waals surface area contributed by atoms with Gasteiger partial charge in [0.15, 0.2) is 0 Å². The van der Waals surface area contributed by atoms with Gasteiger partial charge in [0.25, 0.3) is 5.91 Å². The van der Waals surface area contributed by atoms with Crippen LogP contribution in [0.25, 0.3) is 11.1 Å². The minimum absolute atomic E-state index is 0.0974. The van der Waals surface area contributed by atoms with Gasteiger partial charge < -0.3 is 4.90 Å². The molecule has 1 amide bonds. The monoisotopic (exact) mass is 415 g/mol. The molecule has 8 heteroatoms. The lowest BCUT2D eigenvalue weighted by Gasteiger charge is -2.25. The van der Waals surface area contributed by atoms with Crippen molar-refractivity contribution >= 4 is 15.9 Å². The average Bonchev–Trinajstić information content (AvgIpc) is 2.73. The van der Waals surface area contributed by atoms with Gasteiger partial charge in [-0.05, 0) is 49.3 Å². The van der Waals surface area contributed by atoms with E-state index in [1.807, 2.05) is 26.2 Å². The van der Waals surface area contributed by atoms with Crippen LogP contribution in [0.5, 0.6) is 0 Å². The Morgan fingerprint density at radius 1 is 1.07 bits per heavy atom. The first kappa shape index (κ1) is 21.2. The summed E-state index contributed by atoms with van der Waals surface area (Å²) in [6.45, 7) is 1.15. The summed E-state index contributed by atoms with van der Waals surface area (Å²) < 4.78 is 27.1. The highest BCUT2D eigenvalue weighted by Crippen LogP contribution is 2.25. The maximum absolute atomic E-state index is 12.9. The molecule has 7 nitrogen and oxygen atoms in total. The van der Waals surface area contributed by atoms with E-state index < -0.39 is 15.9 Å². The molecule has 0 radical (unpaired) electrons. The number of sulfonamides is 1. The van der Waals surface area contributed by atoms with Gasteiger partial charge in [-0.1, -0.05) is 42.5 Å². The fourth-order valence-corrected chi connectivity index (χ4v) is 4.66. The normalized spacial score (nSPS) is 15.2. The van der Waals surface area contributed by atoms with Crippen molar-refractivity contribution in [2.75, 3.05) is 27.2 Å². The second kappa shape index (κ2) is 8.87. The van der Waals surface area contributed by atoms with Gasteiger partial charge in [-0.25, -0.2) is 13.9 Å². The van der Waals surface area contributed by atoms with Crippen molar-refractivity contribution in [3.05, 3.63) is 65.7 Å². The summed E-state index contributed by atoms with van der Waals surface area (Å²) in [5, 5.41) is 8.69. The molecular weight excluding hydrogens is 390 g/mol. The van der Waals surface area contributed by atoms with Crippen LogP contribution in [0, 0.1) is 0 Å². The van der Waals surface area contributed by atoms with E-state index >= 15 is 0 Å². The van der Waals surface area contributed by atoms with Crippen LogP contribution in [0.4, 0.5) is 0 Å². The summed E-state index contributed by atoms with van der Waals surface area (Å²) in [7, 11) is 0.394. The van der Waals surface area contributed by atoms with Gasteiger partial charge in [-0.3, -0.25) is 10.0 Å². The molecule has 0 aromatic heterocycles. The molecule has 29 heavy (non-hydrogen) atoms. The molecule has 0 fully saturated rings. The highest BCUT2D eigenvalue weighted by atomic mass is 32.2. The molecule has 0 unspecified atom stereocenters. The van der Waals surface area contributed by atoms with E-state index in [1.54, 1.807) is 29.7 Å². The van der Waals surface area contributed by atoms with Crippen molar-refractivity contribution in [3.8, 4) is 11.1 Å². The minimum atomic E-state index is -3.65. The molecular formula is C21H25N3O4S. The second-order valence-electron chi connectivity index (χ2n) is 7.24. The van der Waals surface area contributed by atoms with Crippen LogP contribution in [0.2, 0.25) is 0 Å². The summed E-state index contributed by atoms with van der Waals surface area (Å²) >= 11 is 0. The summed E-state index contributed by atoms with van der Waals surface area (Å²) in [5.74, 6) is -0.594. The van der Waals surface area contributed by atoms with Crippen LogP contribution in [0.3, 0.4) is 0 Å². The largest absolute Gasteiger partial charge is 0.305 e. The van der Waals surface area contributed by atoms with Crippen molar-refractivity contribution in [2.24, 2.45) is 0 Å². The number of amides is 1. The molecule has 1 aliphatic heterocycles. The molecule has 0 spiro atoms. The zero-order valence-electron chi connectivity index (χ0n) is 16.5. The zero-order valence-corrected chi connectivity index (χ0v) is 17.3.